The molecule has 0 heterocycles. The number of nitrogens with one attached hydrogen (secondary N) is 1. The topological polar surface area (TPSA) is 56.0 Å². The average molecular weight is 230 g/mol. The van der Waals surface area contributed by atoms with Crippen molar-refractivity contribution in [1.82, 2.24) is 5.32 Å². The number of rotatable bonds is 8. The van der Waals surface area contributed by atoms with Crippen LogP contribution in [0.15, 0.2) is 0 Å². The molecular weight excluding hydrogens is 208 g/mol. The monoisotopic (exact) mass is 230 g/mol. The quantitative estimate of drug-likeness (QED) is 0.622. The van der Waals surface area contributed by atoms with Crippen molar-refractivity contribution < 1.29 is 5.11 Å². The van der Waals surface area contributed by atoms with Crippen LogP contribution in [0, 0.1) is 17.2 Å². The second kappa shape index (κ2) is 9.02. The number of hydrogen-bond acceptors (Lipinski definition) is 4. The lowest BCUT2D eigenvalue weighted by molar-refractivity contribution is 0.250. The lowest BCUT2D eigenvalue weighted by Crippen LogP contribution is -2.34. The first kappa shape index (κ1) is 14.8. The zero-order valence-electron chi connectivity index (χ0n) is 9.86. The molecule has 88 valence electrons. The summed E-state index contributed by atoms with van der Waals surface area (Å²) in [6.45, 7) is 6.37. The summed E-state index contributed by atoms with van der Waals surface area (Å²) in [5.74, 6) is 2.30. The van der Waals surface area contributed by atoms with E-state index < -0.39 is 0 Å². The molecule has 0 aliphatic carbocycles. The van der Waals surface area contributed by atoms with Gasteiger partial charge < -0.3 is 5.11 Å². The molecule has 0 aromatic rings. The largest absolute Gasteiger partial charge is 0.396 e. The summed E-state index contributed by atoms with van der Waals surface area (Å²) in [5, 5.41) is 20.9. The summed E-state index contributed by atoms with van der Waals surface area (Å²) in [6, 6.07) is 2.58. The molecule has 0 bridgehead atoms. The van der Waals surface area contributed by atoms with E-state index in [9.17, 15) is 0 Å². The Labute approximate surface area is 97.2 Å². The molecular formula is C11H22N2OS. The molecule has 3 nitrogen and oxygen atoms in total. The van der Waals surface area contributed by atoms with E-state index in [1.54, 1.807) is 11.8 Å². The summed E-state index contributed by atoms with van der Waals surface area (Å²) < 4.78 is 0. The first-order valence-electron chi connectivity index (χ1n) is 5.44. The van der Waals surface area contributed by atoms with E-state index in [1.165, 1.54) is 0 Å². The highest BCUT2D eigenvalue weighted by Gasteiger charge is 2.08. The van der Waals surface area contributed by atoms with Gasteiger partial charge in [0, 0.05) is 12.6 Å². The third kappa shape index (κ3) is 8.73. The molecule has 4 heteroatoms. The second-order valence-corrected chi connectivity index (χ2v) is 5.30. The van der Waals surface area contributed by atoms with Gasteiger partial charge in [-0.1, -0.05) is 6.92 Å². The molecule has 0 spiro atoms. The first-order chi connectivity index (χ1) is 7.10. The van der Waals surface area contributed by atoms with Gasteiger partial charge in [-0.05, 0) is 37.7 Å². The molecule has 0 saturated carbocycles. The van der Waals surface area contributed by atoms with Crippen LogP contribution in [0.1, 0.15) is 27.2 Å². The van der Waals surface area contributed by atoms with Gasteiger partial charge in [0.05, 0.1) is 12.1 Å². The number of aliphatic hydroxyl groups excluding tert-OH is 1. The Morgan fingerprint density at radius 1 is 1.40 bits per heavy atom. The highest BCUT2D eigenvalue weighted by Crippen LogP contribution is 2.10. The van der Waals surface area contributed by atoms with Crippen LogP contribution in [-0.2, 0) is 0 Å². The summed E-state index contributed by atoms with van der Waals surface area (Å²) >= 11 is 1.81. The smallest absolute Gasteiger partial charge is 0.0962 e. The zero-order chi connectivity index (χ0) is 11.7. The fourth-order valence-corrected chi connectivity index (χ4v) is 2.20. The van der Waals surface area contributed by atoms with Crippen molar-refractivity contribution >= 4 is 11.8 Å². The van der Waals surface area contributed by atoms with Gasteiger partial charge in [-0.3, -0.25) is 5.32 Å². The highest BCUT2D eigenvalue weighted by atomic mass is 32.2. The summed E-state index contributed by atoms with van der Waals surface area (Å²) in [5.41, 5.74) is 0. The Bertz CT molecular complexity index is 192. The lowest BCUT2D eigenvalue weighted by Gasteiger charge is -2.14. The number of nitriles is 1. The van der Waals surface area contributed by atoms with Crippen LogP contribution in [0.25, 0.3) is 0 Å². The number of hydrogen-bond donors (Lipinski definition) is 2. The fraction of sp³-hybridized carbons (Fsp3) is 0.909. The van der Waals surface area contributed by atoms with Crippen LogP contribution in [0.2, 0.25) is 0 Å². The maximum absolute atomic E-state index is 8.87. The van der Waals surface area contributed by atoms with Crippen molar-refractivity contribution in [2.24, 2.45) is 5.92 Å². The molecule has 0 aromatic heterocycles. The Hall–Kier alpha value is -0.240. The van der Waals surface area contributed by atoms with Crippen molar-refractivity contribution in [3.8, 4) is 6.07 Å². The van der Waals surface area contributed by atoms with Crippen LogP contribution in [0.4, 0.5) is 0 Å². The van der Waals surface area contributed by atoms with Gasteiger partial charge in [0.25, 0.3) is 0 Å². The maximum Gasteiger partial charge on any atom is 0.0962 e. The predicted octanol–water partition coefficient (Wildman–Crippen LogP) is 1.63. The molecule has 0 fully saturated rings. The summed E-state index contributed by atoms with van der Waals surface area (Å²) in [6.07, 6.45) is 0.873. The minimum absolute atomic E-state index is 0.0399. The van der Waals surface area contributed by atoms with Crippen LogP contribution >= 0.6 is 11.8 Å². The number of nitrogens with zero attached hydrogens (tertiary/aromatic N) is 1. The molecule has 0 aliphatic heterocycles. The fourth-order valence-electron chi connectivity index (χ4n) is 1.13. The Morgan fingerprint density at radius 2 is 2.07 bits per heavy atom. The average Bonchev–Trinajstić information content (AvgIpc) is 2.21. The Balaban J connectivity index is 3.52. The van der Waals surface area contributed by atoms with E-state index >= 15 is 0 Å². The van der Waals surface area contributed by atoms with Crippen molar-refractivity contribution in [2.45, 2.75) is 39.3 Å². The van der Waals surface area contributed by atoms with E-state index in [1.807, 2.05) is 20.8 Å². The minimum Gasteiger partial charge on any atom is -0.396 e. The molecule has 15 heavy (non-hydrogen) atoms. The predicted molar refractivity (Wildman–Crippen MR) is 65.9 cm³/mol. The summed E-state index contributed by atoms with van der Waals surface area (Å²) in [4.78, 5) is 0. The third-order valence-electron chi connectivity index (χ3n) is 1.96. The van der Waals surface area contributed by atoms with Gasteiger partial charge in [-0.15, -0.1) is 0 Å². The van der Waals surface area contributed by atoms with Crippen LogP contribution in [0.3, 0.4) is 0 Å². The van der Waals surface area contributed by atoms with Gasteiger partial charge in [-0.25, -0.2) is 0 Å². The van der Waals surface area contributed by atoms with Gasteiger partial charge in [0.15, 0.2) is 0 Å². The normalized spacial score (nSPS) is 14.9. The third-order valence-corrected chi connectivity index (χ3v) is 3.28. The van der Waals surface area contributed by atoms with Crippen LogP contribution in [0.5, 0.6) is 0 Å². The van der Waals surface area contributed by atoms with Crippen molar-refractivity contribution in [2.75, 3.05) is 18.1 Å². The van der Waals surface area contributed by atoms with Gasteiger partial charge in [0.2, 0.25) is 0 Å². The first-order valence-corrected chi connectivity index (χ1v) is 6.59. The molecule has 0 rings (SSSR count). The van der Waals surface area contributed by atoms with E-state index in [-0.39, 0.29) is 12.6 Å². The molecule has 0 aliphatic rings. The molecule has 0 saturated heterocycles. The molecule has 0 aromatic carbocycles. The second-order valence-electron chi connectivity index (χ2n) is 4.15. The molecule has 2 atom stereocenters. The molecule has 2 unspecified atom stereocenters. The lowest BCUT2D eigenvalue weighted by atomic mass is 10.2. The van der Waals surface area contributed by atoms with Gasteiger partial charge in [-0.2, -0.15) is 17.0 Å². The van der Waals surface area contributed by atoms with Gasteiger partial charge in [0.1, 0.15) is 0 Å². The van der Waals surface area contributed by atoms with Crippen LogP contribution < -0.4 is 5.32 Å². The Morgan fingerprint density at radius 3 is 2.53 bits per heavy atom. The molecule has 0 radical (unpaired) electrons. The zero-order valence-corrected chi connectivity index (χ0v) is 10.7. The van der Waals surface area contributed by atoms with Crippen molar-refractivity contribution in [3.63, 3.8) is 0 Å². The van der Waals surface area contributed by atoms with E-state index in [0.717, 1.165) is 17.9 Å². The highest BCUT2D eigenvalue weighted by molar-refractivity contribution is 7.99. The maximum atomic E-state index is 8.87. The standard InChI is InChI=1S/C11H22N2OS/c1-9(2)13-11(6-12)4-5-15-8-10(3)7-14/h9-11,13-14H,4-5,7-8H2,1-3H3. The molecule has 0 amide bonds. The van der Waals surface area contributed by atoms with E-state index in [0.29, 0.717) is 12.0 Å². The van der Waals surface area contributed by atoms with Crippen molar-refractivity contribution in [1.29, 1.82) is 5.26 Å². The SMILES string of the molecule is CC(CO)CSCCC(C#N)NC(C)C. The number of aliphatic hydroxyl groups is 1. The van der Waals surface area contributed by atoms with Crippen LogP contribution in [-0.4, -0.2) is 35.3 Å². The van der Waals surface area contributed by atoms with E-state index in [4.69, 9.17) is 10.4 Å². The minimum atomic E-state index is -0.0399. The molecule has 2 N–H and O–H groups in total. The van der Waals surface area contributed by atoms with Gasteiger partial charge >= 0.3 is 0 Å². The van der Waals surface area contributed by atoms with Crippen molar-refractivity contribution in [3.05, 3.63) is 0 Å². The number of thioether (sulfide) groups is 1. The Kier molecular flexibility index (Phi) is 8.88. The summed E-state index contributed by atoms with van der Waals surface area (Å²) in [7, 11) is 0. The van der Waals surface area contributed by atoms with E-state index in [2.05, 4.69) is 11.4 Å².